The number of fused-ring (bicyclic) bond motifs is 1. The van der Waals surface area contributed by atoms with E-state index in [1.165, 1.54) is 0 Å². The number of carbonyl (C=O) groups excluding carboxylic acids is 1. The molecule has 2 aliphatic heterocycles. The van der Waals surface area contributed by atoms with Crippen LogP contribution in [0.4, 0.5) is 18.7 Å². The first-order chi connectivity index (χ1) is 9.88. The van der Waals surface area contributed by atoms with E-state index in [1.807, 2.05) is 0 Å². The van der Waals surface area contributed by atoms with Crippen molar-refractivity contribution in [3.05, 3.63) is 5.01 Å². The molecule has 2 amide bonds. The molecule has 0 unspecified atom stereocenters. The first-order valence-electron chi connectivity index (χ1n) is 6.65. The Hall–Kier alpha value is -1.35. The highest BCUT2D eigenvalue weighted by molar-refractivity contribution is 7.15. The largest absolute Gasteiger partial charge is 0.379 e. The molecular formula is C12H16F2N4O2S. The predicted molar refractivity (Wildman–Crippen MR) is 72.5 cm³/mol. The van der Waals surface area contributed by atoms with Crippen molar-refractivity contribution < 1.29 is 18.3 Å². The Morgan fingerprint density at radius 1 is 1.48 bits per heavy atom. The van der Waals surface area contributed by atoms with Crippen LogP contribution in [0.1, 0.15) is 25.3 Å². The molecule has 3 rings (SSSR count). The summed E-state index contributed by atoms with van der Waals surface area (Å²) < 4.78 is 30.4. The number of anilines is 1. The first-order valence-corrected chi connectivity index (χ1v) is 7.47. The molecule has 2 saturated heterocycles. The Morgan fingerprint density at radius 3 is 2.90 bits per heavy atom. The van der Waals surface area contributed by atoms with E-state index in [2.05, 4.69) is 29.4 Å². The Labute approximate surface area is 124 Å². The van der Waals surface area contributed by atoms with E-state index in [0.29, 0.717) is 37.0 Å². The maximum atomic E-state index is 12.5. The Morgan fingerprint density at radius 2 is 2.24 bits per heavy atom. The Kier molecular flexibility index (Phi) is 3.56. The second-order valence-corrected chi connectivity index (χ2v) is 7.01. The van der Waals surface area contributed by atoms with Crippen molar-refractivity contribution in [2.75, 3.05) is 25.1 Å². The van der Waals surface area contributed by atoms with Gasteiger partial charge in [-0.2, -0.15) is 0 Å². The van der Waals surface area contributed by atoms with Gasteiger partial charge in [0.15, 0.2) is 5.01 Å². The Bertz CT molecular complexity index is 551. The summed E-state index contributed by atoms with van der Waals surface area (Å²) in [6.07, 6.45) is -2.67. The van der Waals surface area contributed by atoms with Gasteiger partial charge in [-0.15, -0.1) is 10.2 Å². The minimum atomic E-state index is -2.67. The van der Waals surface area contributed by atoms with Gasteiger partial charge in [-0.05, 0) is 5.41 Å². The van der Waals surface area contributed by atoms with E-state index in [4.69, 9.17) is 4.74 Å². The van der Waals surface area contributed by atoms with Crippen molar-refractivity contribution in [3.8, 4) is 0 Å². The highest BCUT2D eigenvalue weighted by Crippen LogP contribution is 2.43. The van der Waals surface area contributed by atoms with Crippen LogP contribution in [-0.4, -0.2) is 46.9 Å². The van der Waals surface area contributed by atoms with Gasteiger partial charge in [-0.3, -0.25) is 5.32 Å². The summed E-state index contributed by atoms with van der Waals surface area (Å²) in [7, 11) is 0. The number of amides is 2. The van der Waals surface area contributed by atoms with Crippen molar-refractivity contribution in [2.24, 2.45) is 11.3 Å². The number of aromatic nitrogens is 2. The molecule has 21 heavy (non-hydrogen) atoms. The van der Waals surface area contributed by atoms with E-state index in [9.17, 15) is 13.6 Å². The highest BCUT2D eigenvalue weighted by atomic mass is 32.1. The van der Waals surface area contributed by atoms with Gasteiger partial charge in [-0.25, -0.2) is 13.6 Å². The zero-order valence-electron chi connectivity index (χ0n) is 11.7. The Balaban J connectivity index is 1.70. The van der Waals surface area contributed by atoms with Gasteiger partial charge >= 0.3 is 6.03 Å². The highest BCUT2D eigenvalue weighted by Gasteiger charge is 2.51. The van der Waals surface area contributed by atoms with Crippen molar-refractivity contribution in [3.63, 3.8) is 0 Å². The minimum Gasteiger partial charge on any atom is -0.379 e. The number of hydrogen-bond donors (Lipinski definition) is 1. The molecule has 0 radical (unpaired) electrons. The first kappa shape index (κ1) is 14.6. The van der Waals surface area contributed by atoms with Crippen molar-refractivity contribution in [2.45, 2.75) is 26.3 Å². The van der Waals surface area contributed by atoms with Crippen molar-refractivity contribution in [1.29, 1.82) is 0 Å². The molecule has 6 nitrogen and oxygen atoms in total. The van der Waals surface area contributed by atoms with Gasteiger partial charge in [0.25, 0.3) is 6.43 Å². The van der Waals surface area contributed by atoms with E-state index < -0.39 is 11.4 Å². The molecule has 0 spiro atoms. The number of urea groups is 1. The number of likely N-dealkylation sites (tertiary alicyclic amines) is 1. The maximum absolute atomic E-state index is 12.5. The van der Waals surface area contributed by atoms with E-state index in [-0.39, 0.29) is 22.6 Å². The summed E-state index contributed by atoms with van der Waals surface area (Å²) in [6.45, 7) is 5.98. The molecule has 0 bridgehead atoms. The lowest BCUT2D eigenvalue weighted by Crippen LogP contribution is -2.41. The fourth-order valence-corrected chi connectivity index (χ4v) is 3.62. The monoisotopic (exact) mass is 318 g/mol. The van der Waals surface area contributed by atoms with Crippen LogP contribution in [-0.2, 0) is 4.74 Å². The minimum absolute atomic E-state index is 0.0201. The normalized spacial score (nSPS) is 27.2. The summed E-state index contributed by atoms with van der Waals surface area (Å²) in [5.74, 6) is 0.300. The predicted octanol–water partition coefficient (Wildman–Crippen LogP) is 2.36. The summed E-state index contributed by atoms with van der Waals surface area (Å²) in [5, 5.41) is 9.17. The molecule has 9 heteroatoms. The molecule has 1 N–H and O–H groups in total. The van der Waals surface area contributed by atoms with E-state index >= 15 is 0 Å². The van der Waals surface area contributed by atoms with E-state index in [1.54, 1.807) is 4.90 Å². The van der Waals surface area contributed by atoms with Gasteiger partial charge in [0, 0.05) is 12.5 Å². The summed E-state index contributed by atoms with van der Waals surface area (Å²) in [6, 6.07) is -0.305. The number of halogens is 2. The quantitative estimate of drug-likeness (QED) is 0.909. The zero-order chi connectivity index (χ0) is 15.2. The molecule has 0 aliphatic carbocycles. The third kappa shape index (κ3) is 2.59. The van der Waals surface area contributed by atoms with Crippen molar-refractivity contribution >= 4 is 22.5 Å². The van der Waals surface area contributed by atoms with Crippen LogP contribution in [0.15, 0.2) is 0 Å². The number of nitrogens with one attached hydrogen (secondary N) is 1. The summed E-state index contributed by atoms with van der Waals surface area (Å²) in [4.78, 5) is 14.0. The summed E-state index contributed by atoms with van der Waals surface area (Å²) in [5.41, 5.74) is -0.0201. The van der Waals surface area contributed by atoms with Gasteiger partial charge in [-0.1, -0.05) is 25.2 Å². The molecule has 0 saturated carbocycles. The second kappa shape index (κ2) is 5.13. The average molecular weight is 318 g/mol. The summed E-state index contributed by atoms with van der Waals surface area (Å²) >= 11 is 0.691. The van der Waals surface area contributed by atoms with Crippen LogP contribution in [0.25, 0.3) is 0 Å². The topological polar surface area (TPSA) is 67.4 Å². The SMILES string of the molecule is CC1(C)CN(C(=O)Nc2nnc(C(F)F)s2)[C@@H]2COC[C@@H]21. The molecular weight excluding hydrogens is 302 g/mol. The molecule has 1 aromatic rings. The number of rotatable bonds is 2. The molecule has 0 aromatic carbocycles. The van der Waals surface area contributed by atoms with Gasteiger partial charge < -0.3 is 9.64 Å². The van der Waals surface area contributed by atoms with Crippen LogP contribution in [0.5, 0.6) is 0 Å². The lowest BCUT2D eigenvalue weighted by molar-refractivity contribution is 0.127. The number of alkyl halides is 2. The van der Waals surface area contributed by atoms with Crippen LogP contribution in [0, 0.1) is 11.3 Å². The fraction of sp³-hybridized carbons (Fsp3) is 0.750. The molecule has 1 aromatic heterocycles. The lowest BCUT2D eigenvalue weighted by Gasteiger charge is -2.23. The third-order valence-corrected chi connectivity index (χ3v) is 4.98. The molecule has 2 atom stereocenters. The second-order valence-electron chi connectivity index (χ2n) is 6.00. The standard InChI is InChI=1S/C12H16F2N4O2S/c1-12(2)5-18(7-4-20-3-6(7)12)11(19)15-10-17-16-9(21-10)8(13)14/h6-8H,3-5H2,1-2H3,(H,15,17,19)/t6-,7+/m0/s1. The molecule has 2 fully saturated rings. The van der Waals surface area contributed by atoms with Gasteiger partial charge in [0.05, 0.1) is 19.3 Å². The smallest absolute Gasteiger partial charge is 0.324 e. The fourth-order valence-electron chi connectivity index (χ4n) is 3.03. The number of ether oxygens (including phenoxy) is 1. The molecule has 2 aliphatic rings. The lowest BCUT2D eigenvalue weighted by atomic mass is 9.80. The number of hydrogen-bond acceptors (Lipinski definition) is 5. The zero-order valence-corrected chi connectivity index (χ0v) is 12.5. The van der Waals surface area contributed by atoms with Gasteiger partial charge in [0.2, 0.25) is 5.13 Å². The van der Waals surface area contributed by atoms with Gasteiger partial charge in [0.1, 0.15) is 0 Å². The molecule has 116 valence electrons. The molecule has 3 heterocycles. The number of nitrogens with zero attached hydrogens (tertiary/aromatic N) is 3. The number of carbonyl (C=O) groups is 1. The average Bonchev–Trinajstić information content (AvgIpc) is 3.07. The van der Waals surface area contributed by atoms with Crippen LogP contribution < -0.4 is 5.32 Å². The third-order valence-electron chi connectivity index (χ3n) is 4.13. The maximum Gasteiger partial charge on any atom is 0.324 e. The van der Waals surface area contributed by atoms with Crippen LogP contribution in [0.2, 0.25) is 0 Å². The van der Waals surface area contributed by atoms with Crippen LogP contribution >= 0.6 is 11.3 Å². The van der Waals surface area contributed by atoms with Crippen molar-refractivity contribution in [1.82, 2.24) is 15.1 Å². The van der Waals surface area contributed by atoms with Crippen LogP contribution in [0.3, 0.4) is 0 Å². The van der Waals surface area contributed by atoms with E-state index in [0.717, 1.165) is 0 Å².